The van der Waals surface area contributed by atoms with Crippen LogP contribution in [0.4, 0.5) is 0 Å². The lowest BCUT2D eigenvalue weighted by atomic mass is 9.50. The highest BCUT2D eigenvalue weighted by Crippen LogP contribution is 2.64. The van der Waals surface area contributed by atoms with Crippen molar-refractivity contribution < 1.29 is 0 Å². The van der Waals surface area contributed by atoms with Crippen LogP contribution in [0.1, 0.15) is 97.5 Å². The van der Waals surface area contributed by atoms with Gasteiger partial charge in [-0.15, -0.1) is 0 Å². The predicted molar refractivity (Wildman–Crippen MR) is 123 cm³/mol. The fourth-order valence-electron chi connectivity index (χ4n) is 8.55. The van der Waals surface area contributed by atoms with Crippen LogP contribution in [-0.4, -0.2) is 9.78 Å². The van der Waals surface area contributed by atoms with E-state index in [1.807, 2.05) is 10.9 Å². The molecule has 8 unspecified atom stereocenters. The molecule has 0 aromatic carbocycles. The summed E-state index contributed by atoms with van der Waals surface area (Å²) >= 11 is 0. The van der Waals surface area contributed by atoms with E-state index in [-0.39, 0.29) is 0 Å². The van der Waals surface area contributed by atoms with Gasteiger partial charge in [-0.3, -0.25) is 4.68 Å². The smallest absolute Gasteiger partial charge is 0.102 e. The Bertz CT molecular complexity index is 746. The first kappa shape index (κ1) is 21.9. The average Bonchev–Trinajstić information content (AvgIpc) is 3.35. The van der Waals surface area contributed by atoms with Crippen molar-refractivity contribution in [3.05, 3.63) is 18.0 Å². The van der Waals surface area contributed by atoms with Gasteiger partial charge in [-0.2, -0.15) is 10.4 Å². The third-order valence-electron chi connectivity index (χ3n) is 9.93. The lowest BCUT2D eigenvalue weighted by Gasteiger charge is -2.55. The Morgan fingerprint density at radius 3 is 2.73 bits per heavy atom. The topological polar surface area (TPSA) is 41.6 Å². The summed E-state index contributed by atoms with van der Waals surface area (Å²) in [6.45, 7) is 10.9. The van der Waals surface area contributed by atoms with E-state index in [0.717, 1.165) is 42.1 Å². The first-order valence-electron chi connectivity index (χ1n) is 12.9. The van der Waals surface area contributed by atoms with E-state index in [2.05, 4.69) is 38.9 Å². The molecule has 0 aliphatic heterocycles. The number of aromatic nitrogens is 2. The monoisotopic (exact) mass is 409 g/mol. The SMILES string of the molecule is CCCCC1C(CC)CCC2C1CCC1(C)C(C(C)Cn3cc(C#N)cn3)CCC21. The summed E-state index contributed by atoms with van der Waals surface area (Å²) in [5.74, 6) is 6.36. The highest BCUT2D eigenvalue weighted by atomic mass is 15.3. The van der Waals surface area contributed by atoms with Gasteiger partial charge in [0.05, 0.1) is 11.8 Å². The van der Waals surface area contributed by atoms with E-state index in [0.29, 0.717) is 16.9 Å². The molecule has 0 bridgehead atoms. The number of unbranched alkanes of at least 4 members (excludes halogenated alkanes) is 1. The van der Waals surface area contributed by atoms with Gasteiger partial charge in [0.25, 0.3) is 0 Å². The second-order valence-corrected chi connectivity index (χ2v) is 11.3. The van der Waals surface area contributed by atoms with E-state index in [9.17, 15) is 0 Å². The van der Waals surface area contributed by atoms with Gasteiger partial charge in [-0.1, -0.05) is 47.0 Å². The highest BCUT2D eigenvalue weighted by molar-refractivity contribution is 5.21. The number of hydrogen-bond donors (Lipinski definition) is 0. The fourth-order valence-corrected chi connectivity index (χ4v) is 8.55. The fraction of sp³-hybridized carbons (Fsp3) is 0.852. The summed E-state index contributed by atoms with van der Waals surface area (Å²) in [5, 5.41) is 13.6. The largest absolute Gasteiger partial charge is 0.271 e. The summed E-state index contributed by atoms with van der Waals surface area (Å²) in [5.41, 5.74) is 1.20. The lowest BCUT2D eigenvalue weighted by Crippen LogP contribution is -2.48. The molecule has 0 N–H and O–H groups in total. The maximum absolute atomic E-state index is 9.11. The second kappa shape index (κ2) is 9.05. The molecule has 3 aliphatic carbocycles. The predicted octanol–water partition coefficient (Wildman–Crippen LogP) is 7.08. The molecule has 3 heteroatoms. The first-order chi connectivity index (χ1) is 14.5. The van der Waals surface area contributed by atoms with Gasteiger partial charge in [0.2, 0.25) is 0 Å². The van der Waals surface area contributed by atoms with Crippen molar-refractivity contribution in [1.29, 1.82) is 5.26 Å². The molecule has 30 heavy (non-hydrogen) atoms. The standard InChI is InChI=1S/C27H43N3/c1-5-7-8-22-21(6-2)9-10-24-23(22)13-14-27(4)25(11-12-26(24)27)19(3)17-30-18-20(15-28)16-29-30/h16,18-19,21-26H,5-14,17H2,1-4H3. The molecule has 3 fully saturated rings. The van der Waals surface area contributed by atoms with Crippen LogP contribution in [0.15, 0.2) is 12.4 Å². The van der Waals surface area contributed by atoms with Crippen molar-refractivity contribution in [3.63, 3.8) is 0 Å². The molecule has 1 heterocycles. The zero-order valence-electron chi connectivity index (χ0n) is 19.8. The molecule has 8 atom stereocenters. The molecule has 1 aromatic heterocycles. The van der Waals surface area contributed by atoms with Crippen molar-refractivity contribution in [2.24, 2.45) is 46.8 Å². The lowest BCUT2D eigenvalue weighted by molar-refractivity contribution is -0.0630. The maximum atomic E-state index is 9.11. The van der Waals surface area contributed by atoms with E-state index in [1.165, 1.54) is 64.2 Å². The minimum Gasteiger partial charge on any atom is -0.271 e. The van der Waals surface area contributed by atoms with Gasteiger partial charge < -0.3 is 0 Å². The summed E-state index contributed by atoms with van der Waals surface area (Å²) < 4.78 is 2.01. The van der Waals surface area contributed by atoms with Crippen LogP contribution in [0, 0.1) is 58.2 Å². The molecule has 3 aliphatic rings. The molecular weight excluding hydrogens is 366 g/mol. The van der Waals surface area contributed by atoms with Gasteiger partial charge in [-0.05, 0) is 91.8 Å². The van der Waals surface area contributed by atoms with Crippen molar-refractivity contribution in [2.75, 3.05) is 0 Å². The van der Waals surface area contributed by atoms with Gasteiger partial charge in [0, 0.05) is 12.7 Å². The van der Waals surface area contributed by atoms with Gasteiger partial charge >= 0.3 is 0 Å². The van der Waals surface area contributed by atoms with Crippen LogP contribution in [0.3, 0.4) is 0 Å². The highest BCUT2D eigenvalue weighted by Gasteiger charge is 2.57. The minimum absolute atomic E-state index is 0.514. The van der Waals surface area contributed by atoms with Crippen LogP contribution in [-0.2, 0) is 6.54 Å². The van der Waals surface area contributed by atoms with Crippen LogP contribution < -0.4 is 0 Å². The molecule has 0 amide bonds. The molecule has 1 aromatic rings. The summed E-state index contributed by atoms with van der Waals surface area (Å²) in [6.07, 6.45) is 18.1. The Labute approximate surface area is 184 Å². The normalized spacial score (nSPS) is 39.2. The van der Waals surface area contributed by atoms with E-state index < -0.39 is 0 Å². The zero-order chi connectivity index (χ0) is 21.3. The van der Waals surface area contributed by atoms with E-state index in [4.69, 9.17) is 5.26 Å². The van der Waals surface area contributed by atoms with Gasteiger partial charge in [0.1, 0.15) is 6.07 Å². The van der Waals surface area contributed by atoms with Crippen LogP contribution >= 0.6 is 0 Å². The average molecular weight is 410 g/mol. The number of fused-ring (bicyclic) bond motifs is 3. The molecule has 166 valence electrons. The van der Waals surface area contributed by atoms with E-state index >= 15 is 0 Å². The van der Waals surface area contributed by atoms with Crippen LogP contribution in [0.25, 0.3) is 0 Å². The molecule has 0 spiro atoms. The summed E-state index contributed by atoms with van der Waals surface area (Å²) in [7, 11) is 0. The number of nitrogens with zero attached hydrogens (tertiary/aromatic N) is 3. The third kappa shape index (κ3) is 3.85. The molecule has 0 radical (unpaired) electrons. The van der Waals surface area contributed by atoms with Crippen molar-refractivity contribution in [2.45, 2.75) is 98.4 Å². The third-order valence-corrected chi connectivity index (χ3v) is 9.93. The van der Waals surface area contributed by atoms with Gasteiger partial charge in [-0.25, -0.2) is 0 Å². The molecular formula is C27H43N3. The Hall–Kier alpha value is -1.30. The quantitative estimate of drug-likeness (QED) is 0.483. The molecule has 3 nitrogen and oxygen atoms in total. The second-order valence-electron chi connectivity index (χ2n) is 11.3. The van der Waals surface area contributed by atoms with Crippen molar-refractivity contribution in [1.82, 2.24) is 9.78 Å². The Kier molecular flexibility index (Phi) is 6.61. The summed E-state index contributed by atoms with van der Waals surface area (Å²) in [4.78, 5) is 0. The Balaban J connectivity index is 1.48. The van der Waals surface area contributed by atoms with E-state index in [1.54, 1.807) is 6.20 Å². The van der Waals surface area contributed by atoms with Crippen molar-refractivity contribution >= 4 is 0 Å². The number of nitriles is 1. The maximum Gasteiger partial charge on any atom is 0.102 e. The van der Waals surface area contributed by atoms with Crippen LogP contribution in [0.2, 0.25) is 0 Å². The number of hydrogen-bond acceptors (Lipinski definition) is 2. The minimum atomic E-state index is 0.514. The number of rotatable bonds is 7. The molecule has 4 rings (SSSR count). The molecule has 0 saturated heterocycles. The Morgan fingerprint density at radius 1 is 1.20 bits per heavy atom. The van der Waals surface area contributed by atoms with Crippen LogP contribution in [0.5, 0.6) is 0 Å². The molecule has 3 saturated carbocycles. The summed E-state index contributed by atoms with van der Waals surface area (Å²) in [6, 6.07) is 2.22. The van der Waals surface area contributed by atoms with Gasteiger partial charge in [0.15, 0.2) is 0 Å². The first-order valence-corrected chi connectivity index (χ1v) is 12.9. The zero-order valence-corrected chi connectivity index (χ0v) is 19.8. The van der Waals surface area contributed by atoms with Crippen molar-refractivity contribution in [3.8, 4) is 6.07 Å². The Morgan fingerprint density at radius 2 is 2.03 bits per heavy atom.